The Labute approximate surface area is 82.6 Å². The molecule has 0 radical (unpaired) electrons. The van der Waals surface area contributed by atoms with Crippen molar-refractivity contribution >= 4 is 10.8 Å². The summed E-state index contributed by atoms with van der Waals surface area (Å²) in [6.45, 7) is 6.32. The number of rotatable bonds is 2. The summed E-state index contributed by atoms with van der Waals surface area (Å²) in [6, 6.07) is 9.63. The highest BCUT2D eigenvalue weighted by Crippen LogP contribution is 2.18. The fourth-order valence-corrected chi connectivity index (χ4v) is 2.46. The molecule has 1 unspecified atom stereocenters. The Morgan fingerprint density at radius 2 is 1.69 bits per heavy atom. The van der Waals surface area contributed by atoms with Crippen LogP contribution in [-0.4, -0.2) is 9.96 Å². The van der Waals surface area contributed by atoms with E-state index in [1.807, 2.05) is 30.3 Å². The molecule has 72 valence electrons. The molecule has 0 saturated heterocycles. The molecule has 1 aromatic carbocycles. The van der Waals surface area contributed by atoms with E-state index in [2.05, 4.69) is 20.8 Å². The van der Waals surface area contributed by atoms with Crippen LogP contribution in [0.15, 0.2) is 35.2 Å². The van der Waals surface area contributed by atoms with Crippen molar-refractivity contribution < 1.29 is 4.21 Å². The van der Waals surface area contributed by atoms with Crippen molar-refractivity contribution in [2.24, 2.45) is 5.41 Å². The molecule has 2 heteroatoms. The van der Waals surface area contributed by atoms with Gasteiger partial charge in [0.05, 0.1) is 10.8 Å². The maximum Gasteiger partial charge on any atom is 0.0534 e. The molecule has 0 amide bonds. The van der Waals surface area contributed by atoms with Crippen LogP contribution in [0.4, 0.5) is 0 Å². The smallest absolute Gasteiger partial charge is 0.0534 e. The van der Waals surface area contributed by atoms with Crippen molar-refractivity contribution in [2.75, 3.05) is 5.75 Å². The van der Waals surface area contributed by atoms with Gasteiger partial charge in [-0.05, 0) is 17.5 Å². The molecule has 0 heterocycles. The Hall–Kier alpha value is -0.630. The number of hydrogen-bond acceptors (Lipinski definition) is 1. The highest BCUT2D eigenvalue weighted by atomic mass is 32.2. The first-order chi connectivity index (χ1) is 5.99. The molecule has 0 spiro atoms. The minimum Gasteiger partial charge on any atom is -0.254 e. The van der Waals surface area contributed by atoms with Crippen LogP contribution in [0.25, 0.3) is 0 Å². The molecular formula is C11H16OS. The maximum absolute atomic E-state index is 11.8. The lowest BCUT2D eigenvalue weighted by Crippen LogP contribution is -2.16. The molecular weight excluding hydrogens is 180 g/mol. The second kappa shape index (κ2) is 4.05. The zero-order valence-corrected chi connectivity index (χ0v) is 9.23. The van der Waals surface area contributed by atoms with Gasteiger partial charge in [0.15, 0.2) is 0 Å². The van der Waals surface area contributed by atoms with E-state index in [0.29, 0.717) is 0 Å². The van der Waals surface area contributed by atoms with Crippen molar-refractivity contribution in [3.8, 4) is 0 Å². The summed E-state index contributed by atoms with van der Waals surface area (Å²) in [7, 11) is -0.853. The summed E-state index contributed by atoms with van der Waals surface area (Å²) in [6.07, 6.45) is 0. The Morgan fingerprint density at radius 1 is 1.15 bits per heavy atom. The second-order valence-corrected chi connectivity index (χ2v) is 5.81. The summed E-state index contributed by atoms with van der Waals surface area (Å²) in [5, 5.41) is 0. The van der Waals surface area contributed by atoms with Gasteiger partial charge in [0.2, 0.25) is 0 Å². The maximum atomic E-state index is 11.8. The minimum absolute atomic E-state index is 0.126. The van der Waals surface area contributed by atoms with E-state index >= 15 is 0 Å². The first-order valence-corrected chi connectivity index (χ1v) is 5.74. The monoisotopic (exact) mass is 196 g/mol. The van der Waals surface area contributed by atoms with Crippen LogP contribution in [0.5, 0.6) is 0 Å². The molecule has 0 aromatic heterocycles. The lowest BCUT2D eigenvalue weighted by Gasteiger charge is -2.16. The SMILES string of the molecule is CC(C)(C)CS(=O)c1ccccc1. The number of hydrogen-bond donors (Lipinski definition) is 0. The summed E-state index contributed by atoms with van der Waals surface area (Å²) in [5.74, 6) is 0.719. The largest absolute Gasteiger partial charge is 0.254 e. The molecule has 0 bridgehead atoms. The molecule has 13 heavy (non-hydrogen) atoms. The topological polar surface area (TPSA) is 17.1 Å². The minimum atomic E-state index is -0.853. The Kier molecular flexibility index (Phi) is 3.26. The molecule has 0 aliphatic heterocycles. The van der Waals surface area contributed by atoms with Crippen LogP contribution in [0, 0.1) is 5.41 Å². The molecule has 0 aliphatic carbocycles. The highest BCUT2D eigenvalue weighted by Gasteiger charge is 2.15. The van der Waals surface area contributed by atoms with Gasteiger partial charge in [-0.3, -0.25) is 4.21 Å². The fraction of sp³-hybridized carbons (Fsp3) is 0.455. The van der Waals surface area contributed by atoms with Gasteiger partial charge >= 0.3 is 0 Å². The highest BCUT2D eigenvalue weighted by molar-refractivity contribution is 7.85. The van der Waals surface area contributed by atoms with Gasteiger partial charge in [-0.25, -0.2) is 0 Å². The Balaban J connectivity index is 2.71. The van der Waals surface area contributed by atoms with Crippen molar-refractivity contribution in [1.82, 2.24) is 0 Å². The van der Waals surface area contributed by atoms with Crippen LogP contribution in [0.1, 0.15) is 20.8 Å². The van der Waals surface area contributed by atoms with Crippen molar-refractivity contribution in [3.63, 3.8) is 0 Å². The van der Waals surface area contributed by atoms with Crippen LogP contribution in [-0.2, 0) is 10.8 Å². The normalized spacial score (nSPS) is 14.1. The van der Waals surface area contributed by atoms with Gasteiger partial charge < -0.3 is 0 Å². The van der Waals surface area contributed by atoms with Gasteiger partial charge in [-0.2, -0.15) is 0 Å². The van der Waals surface area contributed by atoms with E-state index in [-0.39, 0.29) is 5.41 Å². The zero-order chi connectivity index (χ0) is 9.90. The van der Waals surface area contributed by atoms with E-state index in [9.17, 15) is 4.21 Å². The average molecular weight is 196 g/mol. The predicted octanol–water partition coefficient (Wildman–Crippen LogP) is 2.84. The third kappa shape index (κ3) is 3.73. The van der Waals surface area contributed by atoms with Gasteiger partial charge in [0.25, 0.3) is 0 Å². The fourth-order valence-electron chi connectivity index (χ4n) is 1.05. The first kappa shape index (κ1) is 10.5. The third-order valence-electron chi connectivity index (χ3n) is 1.57. The molecule has 0 fully saturated rings. The van der Waals surface area contributed by atoms with Gasteiger partial charge in [0, 0.05) is 10.6 Å². The lowest BCUT2D eigenvalue weighted by atomic mass is 10.0. The average Bonchev–Trinajstić information content (AvgIpc) is 2.03. The van der Waals surface area contributed by atoms with Crippen molar-refractivity contribution in [2.45, 2.75) is 25.7 Å². The van der Waals surface area contributed by atoms with E-state index in [1.54, 1.807) is 0 Å². The van der Waals surface area contributed by atoms with Crippen molar-refractivity contribution in [1.29, 1.82) is 0 Å². The third-order valence-corrected chi connectivity index (χ3v) is 3.50. The van der Waals surface area contributed by atoms with Crippen LogP contribution >= 0.6 is 0 Å². The molecule has 1 rings (SSSR count). The molecule has 0 saturated carbocycles. The standard InChI is InChI=1S/C11H16OS/c1-11(2,3)9-13(12)10-7-5-4-6-8-10/h4-8H,9H2,1-3H3. The predicted molar refractivity (Wildman–Crippen MR) is 57.2 cm³/mol. The quantitative estimate of drug-likeness (QED) is 0.711. The Bertz CT molecular complexity index is 285. The molecule has 0 aliphatic rings. The summed E-state index contributed by atoms with van der Waals surface area (Å²) < 4.78 is 11.8. The van der Waals surface area contributed by atoms with Gasteiger partial charge in [-0.1, -0.05) is 39.0 Å². The van der Waals surface area contributed by atoms with E-state index in [0.717, 1.165) is 10.6 Å². The van der Waals surface area contributed by atoms with Gasteiger partial charge in [-0.15, -0.1) is 0 Å². The summed E-state index contributed by atoms with van der Waals surface area (Å²) >= 11 is 0. The second-order valence-electron chi connectivity index (χ2n) is 4.36. The van der Waals surface area contributed by atoms with Crippen LogP contribution in [0.2, 0.25) is 0 Å². The molecule has 1 nitrogen and oxygen atoms in total. The molecule has 1 aromatic rings. The van der Waals surface area contributed by atoms with Crippen LogP contribution in [0.3, 0.4) is 0 Å². The summed E-state index contributed by atoms with van der Waals surface area (Å²) in [4.78, 5) is 0.928. The lowest BCUT2D eigenvalue weighted by molar-refractivity contribution is 0.474. The molecule has 1 atom stereocenters. The van der Waals surface area contributed by atoms with E-state index < -0.39 is 10.8 Å². The van der Waals surface area contributed by atoms with E-state index in [1.165, 1.54) is 0 Å². The van der Waals surface area contributed by atoms with Crippen molar-refractivity contribution in [3.05, 3.63) is 30.3 Å². The Morgan fingerprint density at radius 3 is 2.15 bits per heavy atom. The number of benzene rings is 1. The van der Waals surface area contributed by atoms with Crippen LogP contribution < -0.4 is 0 Å². The molecule has 0 N–H and O–H groups in total. The zero-order valence-electron chi connectivity index (χ0n) is 8.41. The first-order valence-electron chi connectivity index (χ1n) is 4.42. The van der Waals surface area contributed by atoms with E-state index in [4.69, 9.17) is 0 Å². The van der Waals surface area contributed by atoms with Gasteiger partial charge in [0.1, 0.15) is 0 Å². The summed E-state index contributed by atoms with van der Waals surface area (Å²) in [5.41, 5.74) is 0.126.